The van der Waals surface area contributed by atoms with Crippen LogP contribution in [-0.4, -0.2) is 41.3 Å². The normalized spacial score (nSPS) is 18.1. The number of carbonyl (C=O) groups excluding carboxylic acids is 2. The first-order chi connectivity index (χ1) is 10.2. The Labute approximate surface area is 127 Å². The quantitative estimate of drug-likeness (QED) is 0.595. The number of nitrogens with zero attached hydrogens (tertiary/aromatic N) is 1. The van der Waals surface area contributed by atoms with Gasteiger partial charge in [0.1, 0.15) is 12.6 Å². The van der Waals surface area contributed by atoms with Crippen molar-refractivity contribution >= 4 is 12.0 Å². The Bertz CT molecular complexity index is 319. The summed E-state index contributed by atoms with van der Waals surface area (Å²) < 4.78 is 4.79. The highest BCUT2D eigenvalue weighted by Gasteiger charge is 2.36. The van der Waals surface area contributed by atoms with E-state index in [9.17, 15) is 9.59 Å². The second kappa shape index (κ2) is 10.6. The lowest BCUT2D eigenvalue weighted by Crippen LogP contribution is -2.40. The summed E-state index contributed by atoms with van der Waals surface area (Å²) in [4.78, 5) is 24.4. The van der Waals surface area contributed by atoms with Gasteiger partial charge in [0.2, 0.25) is 5.91 Å². The number of cyclic esters (lactones) is 1. The Hall–Kier alpha value is -1.10. The van der Waals surface area contributed by atoms with Crippen LogP contribution in [0.5, 0.6) is 0 Å². The van der Waals surface area contributed by atoms with E-state index < -0.39 is 12.1 Å². The monoisotopic (exact) mass is 299 g/mol. The SMILES string of the molecule is CCCCCCCCCCCC(=O)N1C(=O)OC[C@H]1CO. The summed E-state index contributed by atoms with van der Waals surface area (Å²) in [6.07, 6.45) is 10.5. The number of imide groups is 1. The number of hydrogen-bond donors (Lipinski definition) is 1. The molecule has 1 N–H and O–H groups in total. The molecule has 21 heavy (non-hydrogen) atoms. The first kappa shape index (κ1) is 18.0. The smallest absolute Gasteiger partial charge is 0.417 e. The highest BCUT2D eigenvalue weighted by atomic mass is 16.6. The molecule has 0 radical (unpaired) electrons. The van der Waals surface area contributed by atoms with E-state index in [2.05, 4.69) is 6.92 Å². The molecule has 1 saturated heterocycles. The van der Waals surface area contributed by atoms with Gasteiger partial charge in [0.15, 0.2) is 0 Å². The van der Waals surface area contributed by atoms with Crippen LogP contribution in [0.4, 0.5) is 4.79 Å². The van der Waals surface area contributed by atoms with Gasteiger partial charge in [0.25, 0.3) is 0 Å². The first-order valence-electron chi connectivity index (χ1n) is 8.30. The Morgan fingerprint density at radius 3 is 2.29 bits per heavy atom. The number of unbranched alkanes of at least 4 members (excludes halogenated alkanes) is 8. The molecule has 0 aromatic carbocycles. The van der Waals surface area contributed by atoms with Crippen LogP contribution < -0.4 is 0 Å². The standard InChI is InChI=1S/C16H29NO4/c1-2-3-4-5-6-7-8-9-10-11-15(19)17-14(12-18)13-21-16(17)20/h14,18H,2-13H2,1H3/t14-/m1/s1. The minimum Gasteiger partial charge on any atom is -0.447 e. The lowest BCUT2D eigenvalue weighted by molar-refractivity contribution is -0.129. The van der Waals surface area contributed by atoms with Gasteiger partial charge >= 0.3 is 6.09 Å². The zero-order valence-electron chi connectivity index (χ0n) is 13.2. The molecule has 0 bridgehead atoms. The van der Waals surface area contributed by atoms with Crippen LogP contribution >= 0.6 is 0 Å². The van der Waals surface area contributed by atoms with Gasteiger partial charge in [-0.25, -0.2) is 9.69 Å². The average molecular weight is 299 g/mol. The van der Waals surface area contributed by atoms with E-state index >= 15 is 0 Å². The third kappa shape index (κ3) is 6.46. The average Bonchev–Trinajstić information content (AvgIpc) is 2.86. The molecule has 1 aliphatic heterocycles. The summed E-state index contributed by atoms with van der Waals surface area (Å²) in [6.45, 7) is 2.10. The molecule has 1 rings (SSSR count). The molecule has 0 aliphatic carbocycles. The topological polar surface area (TPSA) is 66.8 Å². The van der Waals surface area contributed by atoms with Crippen molar-refractivity contribution < 1.29 is 19.4 Å². The van der Waals surface area contributed by atoms with E-state index in [0.717, 1.165) is 24.2 Å². The molecule has 0 unspecified atom stereocenters. The van der Waals surface area contributed by atoms with Gasteiger partial charge in [-0.05, 0) is 6.42 Å². The molecule has 5 nitrogen and oxygen atoms in total. The molecule has 1 fully saturated rings. The molecular formula is C16H29NO4. The molecule has 0 saturated carbocycles. The van der Waals surface area contributed by atoms with Crippen molar-refractivity contribution in [2.75, 3.05) is 13.2 Å². The molecule has 1 aliphatic rings. The largest absolute Gasteiger partial charge is 0.447 e. The predicted octanol–water partition coefficient (Wildman–Crippen LogP) is 3.25. The molecule has 0 aromatic rings. The Morgan fingerprint density at radius 2 is 1.71 bits per heavy atom. The number of rotatable bonds is 11. The van der Waals surface area contributed by atoms with E-state index in [1.807, 2.05) is 0 Å². The Kier molecular flexibility index (Phi) is 9.06. The Balaban J connectivity index is 2.04. The lowest BCUT2D eigenvalue weighted by atomic mass is 10.1. The summed E-state index contributed by atoms with van der Waals surface area (Å²) in [5, 5.41) is 9.11. The summed E-state index contributed by atoms with van der Waals surface area (Å²) >= 11 is 0. The fraction of sp³-hybridized carbons (Fsp3) is 0.875. The maximum absolute atomic E-state index is 11.9. The highest BCUT2D eigenvalue weighted by molar-refractivity contribution is 5.93. The van der Waals surface area contributed by atoms with Crippen LogP contribution in [0.15, 0.2) is 0 Å². The van der Waals surface area contributed by atoms with Gasteiger partial charge in [0, 0.05) is 6.42 Å². The summed E-state index contributed by atoms with van der Waals surface area (Å²) in [7, 11) is 0. The van der Waals surface area contributed by atoms with Crippen LogP contribution in [0.3, 0.4) is 0 Å². The van der Waals surface area contributed by atoms with Gasteiger partial charge < -0.3 is 9.84 Å². The van der Waals surface area contributed by atoms with Crippen LogP contribution in [0.1, 0.15) is 71.1 Å². The molecule has 0 spiro atoms. The third-order valence-corrected chi connectivity index (χ3v) is 3.93. The van der Waals surface area contributed by atoms with Crippen molar-refractivity contribution in [3.63, 3.8) is 0 Å². The zero-order chi connectivity index (χ0) is 15.5. The number of carbonyl (C=O) groups is 2. The van der Waals surface area contributed by atoms with Crippen LogP contribution in [0.2, 0.25) is 0 Å². The summed E-state index contributed by atoms with van der Waals surface area (Å²) in [6, 6.07) is -0.497. The molecule has 0 aromatic heterocycles. The number of aliphatic hydroxyl groups is 1. The Morgan fingerprint density at radius 1 is 1.14 bits per heavy atom. The second-order valence-corrected chi connectivity index (χ2v) is 5.76. The van der Waals surface area contributed by atoms with Gasteiger partial charge in [-0.2, -0.15) is 0 Å². The van der Waals surface area contributed by atoms with Crippen LogP contribution in [0.25, 0.3) is 0 Å². The third-order valence-electron chi connectivity index (χ3n) is 3.93. The lowest BCUT2D eigenvalue weighted by Gasteiger charge is -2.17. The van der Waals surface area contributed by atoms with Crippen molar-refractivity contribution in [1.82, 2.24) is 4.90 Å². The molecule has 5 heteroatoms. The minimum absolute atomic E-state index is 0.110. The van der Waals surface area contributed by atoms with E-state index in [0.29, 0.717) is 6.42 Å². The van der Waals surface area contributed by atoms with Crippen molar-refractivity contribution in [2.45, 2.75) is 77.2 Å². The van der Waals surface area contributed by atoms with E-state index in [1.54, 1.807) is 0 Å². The van der Waals surface area contributed by atoms with E-state index in [-0.39, 0.29) is 19.1 Å². The summed E-state index contributed by atoms with van der Waals surface area (Å²) in [5.74, 6) is -0.223. The molecule has 2 amide bonds. The van der Waals surface area contributed by atoms with Crippen molar-refractivity contribution in [1.29, 1.82) is 0 Å². The predicted molar refractivity (Wildman–Crippen MR) is 80.9 cm³/mol. The fourth-order valence-electron chi connectivity index (χ4n) is 2.61. The molecule has 122 valence electrons. The van der Waals surface area contributed by atoms with Gasteiger partial charge in [-0.1, -0.05) is 58.3 Å². The molecular weight excluding hydrogens is 270 g/mol. The molecule has 1 heterocycles. The van der Waals surface area contributed by atoms with Crippen molar-refractivity contribution in [3.05, 3.63) is 0 Å². The highest BCUT2D eigenvalue weighted by Crippen LogP contribution is 2.16. The number of hydrogen-bond acceptors (Lipinski definition) is 4. The number of aliphatic hydroxyl groups excluding tert-OH is 1. The first-order valence-corrected chi connectivity index (χ1v) is 8.30. The van der Waals surface area contributed by atoms with Crippen molar-refractivity contribution in [3.8, 4) is 0 Å². The number of ether oxygens (including phenoxy) is 1. The zero-order valence-corrected chi connectivity index (χ0v) is 13.2. The minimum atomic E-state index is -0.616. The van der Waals surface area contributed by atoms with E-state index in [4.69, 9.17) is 9.84 Å². The van der Waals surface area contributed by atoms with Gasteiger partial charge in [0.05, 0.1) is 6.61 Å². The summed E-state index contributed by atoms with van der Waals surface area (Å²) in [5.41, 5.74) is 0. The van der Waals surface area contributed by atoms with Gasteiger partial charge in [-0.3, -0.25) is 4.79 Å². The maximum Gasteiger partial charge on any atom is 0.417 e. The maximum atomic E-state index is 11.9. The molecule has 1 atom stereocenters. The van der Waals surface area contributed by atoms with Gasteiger partial charge in [-0.15, -0.1) is 0 Å². The second-order valence-electron chi connectivity index (χ2n) is 5.76. The number of amides is 2. The van der Waals surface area contributed by atoms with E-state index in [1.165, 1.54) is 38.5 Å². The van der Waals surface area contributed by atoms with Crippen LogP contribution in [0, 0.1) is 0 Å². The van der Waals surface area contributed by atoms with Crippen LogP contribution in [-0.2, 0) is 9.53 Å². The van der Waals surface area contributed by atoms with Crippen molar-refractivity contribution in [2.24, 2.45) is 0 Å². The fourth-order valence-corrected chi connectivity index (χ4v) is 2.61.